The SMILES string of the molecule is O=C(OCc1ccccc1)N1C[C@H](c2nc(-c3ccccc3)cs2)[C@H]2NCC[C@H]21. The van der Waals surface area contributed by atoms with E-state index in [-0.39, 0.29) is 24.1 Å². The molecule has 1 N–H and O–H groups in total. The molecule has 1 aromatic heterocycles. The van der Waals surface area contributed by atoms with Crippen LogP contribution < -0.4 is 5.32 Å². The van der Waals surface area contributed by atoms with Crippen molar-refractivity contribution in [2.24, 2.45) is 0 Å². The number of benzene rings is 2. The zero-order chi connectivity index (χ0) is 19.6. The highest BCUT2D eigenvalue weighted by atomic mass is 32.1. The van der Waals surface area contributed by atoms with Crippen LogP contribution in [0.5, 0.6) is 0 Å². The molecule has 0 saturated carbocycles. The summed E-state index contributed by atoms with van der Waals surface area (Å²) in [7, 11) is 0. The number of fused-ring (bicyclic) bond motifs is 1. The molecule has 3 aromatic rings. The van der Waals surface area contributed by atoms with Gasteiger partial charge in [0.25, 0.3) is 0 Å². The topological polar surface area (TPSA) is 54.5 Å². The van der Waals surface area contributed by atoms with Crippen LogP contribution in [-0.4, -0.2) is 41.2 Å². The van der Waals surface area contributed by atoms with Crippen molar-refractivity contribution in [1.29, 1.82) is 0 Å². The summed E-state index contributed by atoms with van der Waals surface area (Å²) in [6, 6.07) is 20.5. The second kappa shape index (κ2) is 7.97. The van der Waals surface area contributed by atoms with Crippen molar-refractivity contribution in [2.75, 3.05) is 13.1 Å². The molecule has 2 saturated heterocycles. The van der Waals surface area contributed by atoms with Crippen LogP contribution in [0, 0.1) is 0 Å². The number of hydrogen-bond acceptors (Lipinski definition) is 5. The number of ether oxygens (including phenoxy) is 1. The van der Waals surface area contributed by atoms with Crippen molar-refractivity contribution < 1.29 is 9.53 Å². The molecule has 3 atom stereocenters. The molecule has 2 fully saturated rings. The minimum Gasteiger partial charge on any atom is -0.445 e. The number of likely N-dealkylation sites (tertiary alicyclic amines) is 1. The number of amides is 1. The molecule has 29 heavy (non-hydrogen) atoms. The van der Waals surface area contributed by atoms with Gasteiger partial charge in [-0.15, -0.1) is 11.3 Å². The number of nitrogens with one attached hydrogen (secondary N) is 1. The predicted octanol–water partition coefficient (Wildman–Crippen LogP) is 4.28. The van der Waals surface area contributed by atoms with E-state index in [0.717, 1.165) is 34.8 Å². The van der Waals surface area contributed by atoms with Crippen LogP contribution in [0.4, 0.5) is 4.79 Å². The largest absolute Gasteiger partial charge is 0.445 e. The minimum absolute atomic E-state index is 0.173. The minimum atomic E-state index is -0.227. The number of thiazole rings is 1. The van der Waals surface area contributed by atoms with Crippen molar-refractivity contribution in [3.05, 3.63) is 76.6 Å². The summed E-state index contributed by atoms with van der Waals surface area (Å²) in [6.45, 7) is 1.88. The van der Waals surface area contributed by atoms with E-state index in [9.17, 15) is 4.79 Å². The van der Waals surface area contributed by atoms with Gasteiger partial charge in [-0.25, -0.2) is 9.78 Å². The van der Waals surface area contributed by atoms with Gasteiger partial charge in [0.2, 0.25) is 0 Å². The maximum absolute atomic E-state index is 12.8. The lowest BCUT2D eigenvalue weighted by atomic mass is 10.0. The van der Waals surface area contributed by atoms with Gasteiger partial charge in [-0.2, -0.15) is 0 Å². The van der Waals surface area contributed by atoms with Crippen molar-refractivity contribution in [3.63, 3.8) is 0 Å². The Morgan fingerprint density at radius 2 is 1.90 bits per heavy atom. The molecule has 2 aliphatic rings. The third-order valence-corrected chi connectivity index (χ3v) is 6.79. The van der Waals surface area contributed by atoms with Crippen LogP contribution in [0.3, 0.4) is 0 Å². The van der Waals surface area contributed by atoms with E-state index in [2.05, 4.69) is 22.8 Å². The molecule has 2 aliphatic heterocycles. The van der Waals surface area contributed by atoms with Crippen LogP contribution in [0.25, 0.3) is 11.3 Å². The van der Waals surface area contributed by atoms with E-state index >= 15 is 0 Å². The van der Waals surface area contributed by atoms with E-state index in [4.69, 9.17) is 9.72 Å². The maximum atomic E-state index is 12.8. The molecule has 2 aromatic carbocycles. The Bertz CT molecular complexity index is 976. The summed E-state index contributed by atoms with van der Waals surface area (Å²) in [4.78, 5) is 19.6. The zero-order valence-corrected chi connectivity index (χ0v) is 16.8. The van der Waals surface area contributed by atoms with E-state index in [0.29, 0.717) is 13.2 Å². The first-order valence-corrected chi connectivity index (χ1v) is 10.9. The highest BCUT2D eigenvalue weighted by molar-refractivity contribution is 7.10. The number of aromatic nitrogens is 1. The predicted molar refractivity (Wildman–Crippen MR) is 114 cm³/mol. The fourth-order valence-corrected chi connectivity index (χ4v) is 5.35. The Kier molecular flexibility index (Phi) is 5.04. The third-order valence-electron chi connectivity index (χ3n) is 5.81. The van der Waals surface area contributed by atoms with Crippen molar-refractivity contribution in [1.82, 2.24) is 15.2 Å². The van der Waals surface area contributed by atoms with Crippen molar-refractivity contribution >= 4 is 17.4 Å². The molecule has 0 spiro atoms. The average Bonchev–Trinajstić information content (AvgIpc) is 3.50. The zero-order valence-electron chi connectivity index (χ0n) is 16.0. The summed E-state index contributed by atoms with van der Waals surface area (Å²) in [6.07, 6.45) is 0.730. The van der Waals surface area contributed by atoms with E-state index in [1.54, 1.807) is 11.3 Å². The molecule has 5 rings (SSSR count). The molecule has 0 radical (unpaired) electrons. The highest BCUT2D eigenvalue weighted by Gasteiger charge is 2.48. The number of carbonyl (C=O) groups excluding carboxylic acids is 1. The molecular weight excluding hydrogens is 382 g/mol. The lowest BCUT2D eigenvalue weighted by Gasteiger charge is -2.22. The molecule has 0 bridgehead atoms. The van der Waals surface area contributed by atoms with Gasteiger partial charge in [-0.3, -0.25) is 0 Å². The molecule has 5 nitrogen and oxygen atoms in total. The van der Waals surface area contributed by atoms with E-state index in [1.165, 1.54) is 0 Å². The maximum Gasteiger partial charge on any atom is 0.410 e. The molecular formula is C23H23N3O2S. The third kappa shape index (κ3) is 3.66. The fraction of sp³-hybridized carbons (Fsp3) is 0.304. The molecule has 0 unspecified atom stereocenters. The molecule has 6 heteroatoms. The van der Waals surface area contributed by atoms with Crippen LogP contribution in [0.1, 0.15) is 22.9 Å². The van der Waals surface area contributed by atoms with Gasteiger partial charge in [0.05, 0.1) is 16.7 Å². The lowest BCUT2D eigenvalue weighted by Crippen LogP contribution is -2.39. The van der Waals surface area contributed by atoms with Gasteiger partial charge in [0.15, 0.2) is 0 Å². The molecule has 3 heterocycles. The standard InChI is InChI=1S/C23H23N3O2S/c27-23(28-14-16-7-3-1-4-8-16)26-13-18(21-20(26)11-12-24-21)22-25-19(15-29-22)17-9-5-2-6-10-17/h1-10,15,18,20-21,24H,11-14H2/t18-,20+,21+/m0/s1. The Labute approximate surface area is 174 Å². The first kappa shape index (κ1) is 18.3. The lowest BCUT2D eigenvalue weighted by molar-refractivity contribution is 0.0920. The highest BCUT2D eigenvalue weighted by Crippen LogP contribution is 2.39. The Morgan fingerprint density at radius 1 is 1.14 bits per heavy atom. The van der Waals surface area contributed by atoms with Gasteiger partial charge >= 0.3 is 6.09 Å². The first-order valence-electron chi connectivity index (χ1n) is 10.0. The van der Waals surface area contributed by atoms with Gasteiger partial charge in [0.1, 0.15) is 6.61 Å². The second-order valence-corrected chi connectivity index (χ2v) is 8.46. The van der Waals surface area contributed by atoms with Crippen molar-refractivity contribution in [3.8, 4) is 11.3 Å². The summed E-state index contributed by atoms with van der Waals surface area (Å²) < 4.78 is 5.62. The van der Waals surface area contributed by atoms with Crippen molar-refractivity contribution in [2.45, 2.75) is 31.0 Å². The first-order chi connectivity index (χ1) is 14.3. The van der Waals surface area contributed by atoms with Gasteiger partial charge < -0.3 is 15.0 Å². The number of nitrogens with zero attached hydrogens (tertiary/aromatic N) is 2. The summed E-state index contributed by atoms with van der Waals surface area (Å²) in [5.74, 6) is 0.203. The number of carbonyl (C=O) groups is 1. The van der Waals surface area contributed by atoms with Gasteiger partial charge in [-0.05, 0) is 18.5 Å². The summed E-state index contributed by atoms with van der Waals surface area (Å²) in [5, 5.41) is 6.80. The smallest absolute Gasteiger partial charge is 0.410 e. The fourth-order valence-electron chi connectivity index (χ4n) is 4.38. The quantitative estimate of drug-likeness (QED) is 0.704. The number of rotatable bonds is 4. The normalized spacial score (nSPS) is 23.2. The Hall–Kier alpha value is -2.70. The summed E-state index contributed by atoms with van der Waals surface area (Å²) >= 11 is 1.68. The molecule has 148 valence electrons. The monoisotopic (exact) mass is 405 g/mol. The molecule has 1 amide bonds. The average molecular weight is 406 g/mol. The Balaban J connectivity index is 1.31. The Morgan fingerprint density at radius 3 is 2.69 bits per heavy atom. The van der Waals surface area contributed by atoms with E-state index in [1.807, 2.05) is 53.4 Å². The van der Waals surface area contributed by atoms with Gasteiger partial charge in [0, 0.05) is 29.4 Å². The second-order valence-electron chi connectivity index (χ2n) is 7.57. The van der Waals surface area contributed by atoms with Crippen LogP contribution in [0.15, 0.2) is 66.0 Å². The van der Waals surface area contributed by atoms with Gasteiger partial charge in [-0.1, -0.05) is 60.7 Å². The summed E-state index contributed by atoms with van der Waals surface area (Å²) in [5.41, 5.74) is 3.14. The van der Waals surface area contributed by atoms with Crippen LogP contribution in [0.2, 0.25) is 0 Å². The molecule has 0 aliphatic carbocycles. The number of hydrogen-bond donors (Lipinski definition) is 1. The van der Waals surface area contributed by atoms with Crippen LogP contribution in [-0.2, 0) is 11.3 Å². The van der Waals surface area contributed by atoms with E-state index < -0.39 is 0 Å². The van der Waals surface area contributed by atoms with Crippen LogP contribution >= 0.6 is 11.3 Å².